The third-order valence-corrected chi connectivity index (χ3v) is 5.84. The van der Waals surface area contributed by atoms with Crippen LogP contribution in [0.1, 0.15) is 5.56 Å². The molecule has 0 saturated carbocycles. The number of para-hydroxylation sites is 1. The molecule has 144 valence electrons. The van der Waals surface area contributed by atoms with Crippen LogP contribution in [0, 0.1) is 6.92 Å². The number of carbonyl (C=O) groups excluding carboxylic acids is 2. The van der Waals surface area contributed by atoms with Gasteiger partial charge < -0.3 is 5.32 Å². The first-order valence-corrected chi connectivity index (χ1v) is 10.2. The Bertz CT molecular complexity index is 1110. The van der Waals surface area contributed by atoms with Gasteiger partial charge in [0.15, 0.2) is 0 Å². The monoisotopic (exact) mass is 420 g/mol. The number of hydrogen-bond donors (Lipinski definition) is 1. The zero-order chi connectivity index (χ0) is 20.4. The number of carbonyl (C=O) groups is 2. The van der Waals surface area contributed by atoms with Gasteiger partial charge in [0.2, 0.25) is 0 Å². The molecule has 0 aliphatic carbocycles. The topological polar surface area (TPSA) is 49.4 Å². The first-order chi connectivity index (χ1) is 14.0. The zero-order valence-corrected chi connectivity index (χ0v) is 17.1. The summed E-state index contributed by atoms with van der Waals surface area (Å²) >= 11 is 7.24. The maximum atomic E-state index is 13.3. The van der Waals surface area contributed by atoms with Crippen molar-refractivity contribution in [2.24, 2.45) is 0 Å². The van der Waals surface area contributed by atoms with Crippen LogP contribution in [-0.4, -0.2) is 11.8 Å². The molecule has 0 unspecified atom stereocenters. The molecule has 1 aliphatic rings. The van der Waals surface area contributed by atoms with E-state index in [4.69, 9.17) is 11.6 Å². The molecule has 6 heteroatoms. The van der Waals surface area contributed by atoms with Gasteiger partial charge in [0.1, 0.15) is 10.6 Å². The van der Waals surface area contributed by atoms with Crippen molar-refractivity contribution >= 4 is 46.6 Å². The van der Waals surface area contributed by atoms with Gasteiger partial charge in [0.25, 0.3) is 11.8 Å². The first-order valence-electron chi connectivity index (χ1n) is 8.99. The van der Waals surface area contributed by atoms with E-state index >= 15 is 0 Å². The lowest BCUT2D eigenvalue weighted by Gasteiger charge is -2.15. The number of benzene rings is 3. The lowest BCUT2D eigenvalue weighted by atomic mass is 10.2. The lowest BCUT2D eigenvalue weighted by molar-refractivity contribution is -0.120. The van der Waals surface area contributed by atoms with Crippen LogP contribution >= 0.6 is 23.4 Å². The number of imide groups is 1. The quantitative estimate of drug-likeness (QED) is 0.543. The molecule has 2 amide bonds. The van der Waals surface area contributed by atoms with E-state index < -0.39 is 0 Å². The highest BCUT2D eigenvalue weighted by atomic mass is 35.5. The van der Waals surface area contributed by atoms with E-state index in [0.29, 0.717) is 15.6 Å². The Balaban J connectivity index is 1.76. The molecule has 4 nitrogen and oxygen atoms in total. The van der Waals surface area contributed by atoms with Crippen molar-refractivity contribution in [1.29, 1.82) is 0 Å². The second-order valence-electron chi connectivity index (χ2n) is 6.48. The molecular weight excluding hydrogens is 404 g/mol. The number of rotatable bonds is 5. The van der Waals surface area contributed by atoms with E-state index in [-0.39, 0.29) is 17.5 Å². The van der Waals surface area contributed by atoms with Gasteiger partial charge in [-0.1, -0.05) is 59.8 Å². The number of halogens is 1. The van der Waals surface area contributed by atoms with Gasteiger partial charge in [-0.2, -0.15) is 0 Å². The minimum atomic E-state index is -0.390. The summed E-state index contributed by atoms with van der Waals surface area (Å²) in [6, 6.07) is 23.8. The maximum absolute atomic E-state index is 13.3. The van der Waals surface area contributed by atoms with Crippen LogP contribution in [0.4, 0.5) is 11.4 Å². The fourth-order valence-corrected chi connectivity index (χ4v) is 4.07. The molecule has 1 heterocycles. The molecule has 0 fully saturated rings. The first kappa shape index (κ1) is 19.3. The number of anilines is 2. The van der Waals surface area contributed by atoms with Crippen LogP contribution in [-0.2, 0) is 9.59 Å². The van der Waals surface area contributed by atoms with Crippen LogP contribution in [0.3, 0.4) is 0 Å². The Morgan fingerprint density at radius 1 is 0.828 bits per heavy atom. The predicted octanol–water partition coefficient (Wildman–Crippen LogP) is 5.64. The average molecular weight is 421 g/mol. The van der Waals surface area contributed by atoms with E-state index in [2.05, 4.69) is 5.32 Å². The second-order valence-corrected chi connectivity index (χ2v) is 8.00. The molecule has 0 aromatic heterocycles. The molecule has 0 radical (unpaired) electrons. The molecule has 3 aromatic carbocycles. The molecule has 1 aliphatic heterocycles. The largest absolute Gasteiger partial charge is 0.350 e. The molecule has 29 heavy (non-hydrogen) atoms. The van der Waals surface area contributed by atoms with Crippen molar-refractivity contribution in [1.82, 2.24) is 0 Å². The molecule has 0 atom stereocenters. The summed E-state index contributed by atoms with van der Waals surface area (Å²) in [7, 11) is 0. The van der Waals surface area contributed by atoms with Gasteiger partial charge in [-0.25, -0.2) is 4.90 Å². The van der Waals surface area contributed by atoms with Crippen LogP contribution in [0.15, 0.2) is 94.4 Å². The molecule has 3 aromatic rings. The number of nitrogens with one attached hydrogen (secondary N) is 1. The number of nitrogens with zero attached hydrogens (tertiary/aromatic N) is 1. The molecule has 4 rings (SSSR count). The highest BCUT2D eigenvalue weighted by Gasteiger charge is 2.40. The standard InChI is InChI=1S/C23H17ClN2O2S/c1-15-7-5-6-10-19(15)25-20-21(29-18-8-3-2-4-9-18)23(28)26(22(20)27)17-13-11-16(24)12-14-17/h2-14,25H,1H3. The van der Waals surface area contributed by atoms with E-state index in [1.165, 1.54) is 16.7 Å². The van der Waals surface area contributed by atoms with E-state index in [9.17, 15) is 9.59 Å². The van der Waals surface area contributed by atoms with Crippen LogP contribution < -0.4 is 10.2 Å². The minimum absolute atomic E-state index is 0.271. The fourth-order valence-electron chi connectivity index (χ4n) is 2.99. The van der Waals surface area contributed by atoms with Crippen molar-refractivity contribution in [3.8, 4) is 0 Å². The van der Waals surface area contributed by atoms with E-state index in [0.717, 1.165) is 16.1 Å². The van der Waals surface area contributed by atoms with Crippen molar-refractivity contribution in [2.45, 2.75) is 11.8 Å². The zero-order valence-electron chi connectivity index (χ0n) is 15.6. The third kappa shape index (κ3) is 3.92. The fraction of sp³-hybridized carbons (Fsp3) is 0.0435. The summed E-state index contributed by atoms with van der Waals surface area (Å²) in [6.45, 7) is 1.95. The van der Waals surface area contributed by atoms with Gasteiger partial charge in [-0.15, -0.1) is 0 Å². The number of aryl methyl sites for hydroxylation is 1. The van der Waals surface area contributed by atoms with Crippen molar-refractivity contribution in [2.75, 3.05) is 10.2 Å². The highest BCUT2D eigenvalue weighted by molar-refractivity contribution is 8.04. The molecule has 1 N–H and O–H groups in total. The van der Waals surface area contributed by atoms with Crippen LogP contribution in [0.5, 0.6) is 0 Å². The number of thioether (sulfide) groups is 1. The SMILES string of the molecule is Cc1ccccc1NC1=C(Sc2ccccc2)C(=O)N(c2ccc(Cl)cc2)C1=O. The minimum Gasteiger partial charge on any atom is -0.350 e. The maximum Gasteiger partial charge on any atom is 0.283 e. The molecule has 0 spiro atoms. The van der Waals surface area contributed by atoms with Crippen molar-refractivity contribution in [3.05, 3.63) is 100 Å². The summed E-state index contributed by atoms with van der Waals surface area (Å²) in [4.78, 5) is 28.9. The Kier molecular flexibility index (Phi) is 5.43. The molecule has 0 bridgehead atoms. The summed E-state index contributed by atoms with van der Waals surface area (Å²) < 4.78 is 0. The summed E-state index contributed by atoms with van der Waals surface area (Å²) in [5, 5.41) is 3.73. The Morgan fingerprint density at radius 2 is 1.48 bits per heavy atom. The Hall–Kier alpha value is -3.02. The Labute approximate surface area is 178 Å². The summed E-state index contributed by atoms with van der Waals surface area (Å²) in [5.41, 5.74) is 2.52. The van der Waals surface area contributed by atoms with Crippen LogP contribution in [0.2, 0.25) is 5.02 Å². The van der Waals surface area contributed by atoms with E-state index in [1.54, 1.807) is 24.3 Å². The highest BCUT2D eigenvalue weighted by Crippen LogP contribution is 2.38. The third-order valence-electron chi connectivity index (χ3n) is 4.49. The van der Waals surface area contributed by atoms with Gasteiger partial charge in [0.05, 0.1) is 5.69 Å². The Morgan fingerprint density at radius 3 is 2.17 bits per heavy atom. The second kappa shape index (κ2) is 8.15. The van der Waals surface area contributed by atoms with Gasteiger partial charge >= 0.3 is 0 Å². The summed E-state index contributed by atoms with van der Waals surface area (Å²) in [5.74, 6) is -0.749. The lowest BCUT2D eigenvalue weighted by Crippen LogP contribution is -2.32. The van der Waals surface area contributed by atoms with Crippen molar-refractivity contribution < 1.29 is 9.59 Å². The summed E-state index contributed by atoms with van der Waals surface area (Å²) in [6.07, 6.45) is 0. The molecular formula is C23H17ClN2O2S. The van der Waals surface area contributed by atoms with Crippen LogP contribution in [0.25, 0.3) is 0 Å². The van der Waals surface area contributed by atoms with Gasteiger partial charge in [0, 0.05) is 15.6 Å². The van der Waals surface area contributed by atoms with Gasteiger partial charge in [-0.05, 0) is 55.0 Å². The van der Waals surface area contributed by atoms with Crippen molar-refractivity contribution in [3.63, 3.8) is 0 Å². The predicted molar refractivity (Wildman–Crippen MR) is 118 cm³/mol. The smallest absolute Gasteiger partial charge is 0.283 e. The normalized spacial score (nSPS) is 13.9. The van der Waals surface area contributed by atoms with E-state index in [1.807, 2.05) is 61.5 Å². The average Bonchev–Trinajstić information content (AvgIpc) is 2.95. The number of amides is 2. The van der Waals surface area contributed by atoms with Gasteiger partial charge in [-0.3, -0.25) is 9.59 Å². The number of hydrogen-bond acceptors (Lipinski definition) is 4. The molecule has 0 saturated heterocycles.